The van der Waals surface area contributed by atoms with E-state index in [-0.39, 0.29) is 17.7 Å². The first-order chi connectivity index (χ1) is 12.0. The third-order valence-corrected chi connectivity index (χ3v) is 6.34. The Morgan fingerprint density at radius 2 is 1.84 bits per heavy atom. The van der Waals surface area contributed by atoms with E-state index in [1.165, 1.54) is 16.9 Å². The van der Waals surface area contributed by atoms with E-state index in [2.05, 4.69) is 10.3 Å². The summed E-state index contributed by atoms with van der Waals surface area (Å²) in [7, 11) is 0. The van der Waals surface area contributed by atoms with E-state index >= 15 is 0 Å². The highest BCUT2D eigenvalue weighted by Gasteiger charge is 2.54. The maximum atomic E-state index is 12.7. The molecule has 1 heterocycles. The average molecular weight is 356 g/mol. The van der Waals surface area contributed by atoms with Gasteiger partial charge in [-0.05, 0) is 38.0 Å². The number of aliphatic carboxylic acids is 1. The van der Waals surface area contributed by atoms with Crippen LogP contribution in [0.25, 0.3) is 11.3 Å². The minimum atomic E-state index is -0.841. The Morgan fingerprint density at radius 3 is 2.52 bits per heavy atom. The minimum Gasteiger partial charge on any atom is -0.481 e. The molecule has 0 radical (unpaired) electrons. The van der Waals surface area contributed by atoms with Gasteiger partial charge in [0.1, 0.15) is 0 Å². The molecule has 2 saturated carbocycles. The normalized spacial score (nSPS) is 27.4. The number of nitrogens with zero attached hydrogens (tertiary/aromatic N) is 1. The highest BCUT2D eigenvalue weighted by Crippen LogP contribution is 2.52. The van der Waals surface area contributed by atoms with Gasteiger partial charge in [-0.25, -0.2) is 4.98 Å². The number of carboxylic acids is 1. The van der Waals surface area contributed by atoms with Crippen LogP contribution in [0.15, 0.2) is 29.6 Å². The number of fused-ring (bicyclic) bond motifs is 2. The van der Waals surface area contributed by atoms with Crippen molar-refractivity contribution in [3.8, 4) is 11.3 Å². The van der Waals surface area contributed by atoms with Gasteiger partial charge >= 0.3 is 5.97 Å². The molecule has 0 unspecified atom stereocenters. The smallest absolute Gasteiger partial charge is 0.307 e. The zero-order chi connectivity index (χ0) is 17.6. The molecular weight excluding hydrogens is 336 g/mol. The van der Waals surface area contributed by atoms with Crippen molar-refractivity contribution < 1.29 is 14.7 Å². The van der Waals surface area contributed by atoms with Crippen LogP contribution in [0.1, 0.15) is 24.8 Å². The summed E-state index contributed by atoms with van der Waals surface area (Å²) in [6.07, 6.45) is 2.75. The molecule has 2 fully saturated rings. The van der Waals surface area contributed by atoms with Gasteiger partial charge in [-0.2, -0.15) is 0 Å². The molecule has 25 heavy (non-hydrogen) atoms. The van der Waals surface area contributed by atoms with Crippen LogP contribution in [0.3, 0.4) is 0 Å². The first kappa shape index (κ1) is 16.3. The molecular formula is C19H20N2O3S. The fraction of sp³-hybridized carbons (Fsp3) is 0.421. The fourth-order valence-corrected chi connectivity index (χ4v) is 5.12. The molecule has 2 bridgehead atoms. The van der Waals surface area contributed by atoms with Crippen LogP contribution in [0.2, 0.25) is 0 Å². The number of carboxylic acid groups (broad SMARTS) is 1. The lowest BCUT2D eigenvalue weighted by Gasteiger charge is -2.26. The lowest BCUT2D eigenvalue weighted by molar-refractivity contribution is -0.148. The van der Waals surface area contributed by atoms with Crippen LogP contribution >= 0.6 is 11.3 Å². The number of thiazole rings is 1. The monoisotopic (exact) mass is 356 g/mol. The van der Waals surface area contributed by atoms with Gasteiger partial charge in [-0.1, -0.05) is 29.8 Å². The number of aryl methyl sites for hydroxylation is 1. The van der Waals surface area contributed by atoms with Crippen molar-refractivity contribution in [2.24, 2.45) is 23.7 Å². The number of rotatable bonds is 4. The van der Waals surface area contributed by atoms with Gasteiger partial charge in [0.05, 0.1) is 17.5 Å². The average Bonchev–Trinajstić information content (AvgIpc) is 3.30. The van der Waals surface area contributed by atoms with Crippen molar-refractivity contribution in [3.05, 3.63) is 35.2 Å². The van der Waals surface area contributed by atoms with Crippen LogP contribution in [0.4, 0.5) is 5.13 Å². The Balaban J connectivity index is 1.50. The quantitative estimate of drug-likeness (QED) is 0.873. The van der Waals surface area contributed by atoms with Crippen LogP contribution in [-0.4, -0.2) is 22.0 Å². The van der Waals surface area contributed by atoms with Crippen molar-refractivity contribution in [1.82, 2.24) is 4.98 Å². The Labute approximate surface area is 150 Å². The molecule has 4 rings (SSSR count). The van der Waals surface area contributed by atoms with Gasteiger partial charge in [0, 0.05) is 10.9 Å². The SMILES string of the molecule is Cc1ccc(-c2csc(NC(=O)[C@@H]3[C@H]4CC[C@H](C4)[C@H]3C(=O)O)n2)cc1. The molecule has 2 aromatic rings. The van der Waals surface area contributed by atoms with Gasteiger partial charge in [0.25, 0.3) is 0 Å². The van der Waals surface area contributed by atoms with E-state index in [9.17, 15) is 14.7 Å². The molecule has 130 valence electrons. The topological polar surface area (TPSA) is 79.3 Å². The predicted molar refractivity (Wildman–Crippen MR) is 96.4 cm³/mol. The maximum absolute atomic E-state index is 12.7. The van der Waals surface area contributed by atoms with Gasteiger partial charge in [0.2, 0.25) is 5.91 Å². The summed E-state index contributed by atoms with van der Waals surface area (Å²) >= 11 is 1.37. The van der Waals surface area contributed by atoms with Crippen molar-refractivity contribution >= 4 is 28.3 Å². The van der Waals surface area contributed by atoms with Crippen LogP contribution in [0, 0.1) is 30.6 Å². The molecule has 2 aliphatic carbocycles. The molecule has 5 nitrogen and oxygen atoms in total. The summed E-state index contributed by atoms with van der Waals surface area (Å²) in [6, 6.07) is 8.07. The molecule has 0 saturated heterocycles. The lowest BCUT2D eigenvalue weighted by atomic mass is 9.79. The summed E-state index contributed by atoms with van der Waals surface area (Å²) < 4.78 is 0. The van der Waals surface area contributed by atoms with E-state index < -0.39 is 17.8 Å². The van der Waals surface area contributed by atoms with E-state index in [0.29, 0.717) is 5.13 Å². The largest absolute Gasteiger partial charge is 0.481 e. The summed E-state index contributed by atoms with van der Waals surface area (Å²) in [6.45, 7) is 2.03. The molecule has 1 aromatic heterocycles. The van der Waals surface area contributed by atoms with Crippen molar-refractivity contribution in [2.45, 2.75) is 26.2 Å². The molecule has 1 aromatic carbocycles. The number of nitrogens with one attached hydrogen (secondary N) is 1. The molecule has 0 aliphatic heterocycles. The Hall–Kier alpha value is -2.21. The first-order valence-corrected chi connectivity index (χ1v) is 9.47. The van der Waals surface area contributed by atoms with Crippen molar-refractivity contribution in [3.63, 3.8) is 0 Å². The van der Waals surface area contributed by atoms with Gasteiger partial charge < -0.3 is 10.4 Å². The van der Waals surface area contributed by atoms with E-state index in [1.807, 2.05) is 36.6 Å². The second-order valence-electron chi connectivity index (χ2n) is 7.12. The summed E-state index contributed by atoms with van der Waals surface area (Å²) in [5.41, 5.74) is 3.01. The van der Waals surface area contributed by atoms with E-state index in [0.717, 1.165) is 30.5 Å². The van der Waals surface area contributed by atoms with Crippen molar-refractivity contribution in [1.29, 1.82) is 0 Å². The Bertz CT molecular complexity index is 814. The van der Waals surface area contributed by atoms with E-state index in [1.54, 1.807) is 0 Å². The Morgan fingerprint density at radius 1 is 1.16 bits per heavy atom. The molecule has 6 heteroatoms. The predicted octanol–water partition coefficient (Wildman–Crippen LogP) is 3.80. The maximum Gasteiger partial charge on any atom is 0.307 e. The molecule has 4 atom stereocenters. The molecule has 2 aliphatic rings. The van der Waals surface area contributed by atoms with Crippen LogP contribution < -0.4 is 5.32 Å². The summed E-state index contributed by atoms with van der Waals surface area (Å²) in [4.78, 5) is 28.8. The number of aromatic nitrogens is 1. The highest BCUT2D eigenvalue weighted by atomic mass is 32.1. The zero-order valence-electron chi connectivity index (χ0n) is 13.9. The van der Waals surface area contributed by atoms with Crippen molar-refractivity contribution in [2.75, 3.05) is 5.32 Å². The number of hydrogen-bond donors (Lipinski definition) is 2. The lowest BCUT2D eigenvalue weighted by Crippen LogP contribution is -2.37. The number of carbonyl (C=O) groups excluding carboxylic acids is 1. The highest BCUT2D eigenvalue weighted by molar-refractivity contribution is 7.14. The van der Waals surface area contributed by atoms with Gasteiger partial charge in [0.15, 0.2) is 5.13 Å². The summed E-state index contributed by atoms with van der Waals surface area (Å²) in [5, 5.41) is 14.8. The Kier molecular flexibility index (Phi) is 4.07. The number of benzene rings is 1. The molecule has 1 amide bonds. The van der Waals surface area contributed by atoms with Gasteiger partial charge in [-0.15, -0.1) is 11.3 Å². The van der Waals surface area contributed by atoms with Crippen LogP contribution in [0.5, 0.6) is 0 Å². The second-order valence-corrected chi connectivity index (χ2v) is 7.97. The number of amides is 1. The minimum absolute atomic E-state index is 0.151. The first-order valence-electron chi connectivity index (χ1n) is 8.59. The molecule has 2 N–H and O–H groups in total. The third-order valence-electron chi connectivity index (χ3n) is 5.59. The summed E-state index contributed by atoms with van der Waals surface area (Å²) in [5.74, 6) is -1.66. The fourth-order valence-electron chi connectivity index (χ4n) is 4.40. The molecule has 0 spiro atoms. The standard InChI is InChI=1S/C19H20N2O3S/c1-10-2-4-11(5-3-10)14-9-25-19(20-14)21-17(22)15-12-6-7-13(8-12)16(15)18(23)24/h2-5,9,12-13,15-16H,6-8H2,1H3,(H,23,24)(H,20,21,22)/t12-,13+,15+,16+/m0/s1. The second kappa shape index (κ2) is 6.26. The number of hydrogen-bond acceptors (Lipinski definition) is 4. The van der Waals surface area contributed by atoms with Gasteiger partial charge in [-0.3, -0.25) is 9.59 Å². The third kappa shape index (κ3) is 2.95. The number of anilines is 1. The van der Waals surface area contributed by atoms with E-state index in [4.69, 9.17) is 0 Å². The zero-order valence-corrected chi connectivity index (χ0v) is 14.8. The number of carbonyl (C=O) groups is 2. The van der Waals surface area contributed by atoms with Crippen LogP contribution in [-0.2, 0) is 9.59 Å².